The van der Waals surface area contributed by atoms with Crippen LogP contribution in [0.15, 0.2) is 11.0 Å². The van der Waals surface area contributed by atoms with Crippen molar-refractivity contribution < 1.29 is 29.6 Å². The molecule has 146 valence electrons. The molecular formula is C14H20IN3O7S. The quantitative estimate of drug-likeness (QED) is 0.389. The van der Waals surface area contributed by atoms with Crippen LogP contribution in [0.3, 0.4) is 0 Å². The number of carbonyl (C=O) groups excluding carboxylic acids is 1. The molecule has 12 heteroatoms. The van der Waals surface area contributed by atoms with Crippen LogP contribution in [0.1, 0.15) is 13.2 Å². The maximum atomic E-state index is 12.2. The summed E-state index contributed by atoms with van der Waals surface area (Å²) in [5, 5.41) is 31.5. The first kappa shape index (κ1) is 21.4. The molecule has 0 radical (unpaired) electrons. The van der Waals surface area contributed by atoms with Gasteiger partial charge in [0.25, 0.3) is 0 Å². The van der Waals surface area contributed by atoms with Gasteiger partial charge in [0.2, 0.25) is 0 Å². The first-order valence-corrected chi connectivity index (χ1v) is 10.0. The molecule has 1 saturated heterocycles. The Labute approximate surface area is 167 Å². The third-order valence-corrected chi connectivity index (χ3v) is 5.50. The van der Waals surface area contributed by atoms with Gasteiger partial charge >= 0.3 is 11.8 Å². The van der Waals surface area contributed by atoms with Crippen LogP contribution in [0.4, 0.5) is 10.6 Å². The van der Waals surface area contributed by atoms with Gasteiger partial charge in [-0.25, -0.2) is 9.59 Å². The molecular weight excluding hydrogens is 481 g/mol. The number of aliphatic hydroxyl groups is 3. The zero-order chi connectivity index (χ0) is 19.4. The molecule has 4 N–H and O–H groups in total. The van der Waals surface area contributed by atoms with E-state index in [1.54, 1.807) is 11.8 Å². The Balaban J connectivity index is 2.13. The molecule has 0 bridgehead atoms. The zero-order valence-electron chi connectivity index (χ0n) is 14.0. The van der Waals surface area contributed by atoms with Gasteiger partial charge in [0.05, 0.1) is 10.2 Å². The number of aliphatic hydroxyl groups excluding tert-OH is 3. The van der Waals surface area contributed by atoms with Gasteiger partial charge in [0, 0.05) is 11.4 Å². The highest BCUT2D eigenvalue weighted by Gasteiger charge is 2.43. The lowest BCUT2D eigenvalue weighted by molar-refractivity contribution is -0.0550. The van der Waals surface area contributed by atoms with Crippen molar-refractivity contribution in [2.45, 2.75) is 36.7 Å². The van der Waals surface area contributed by atoms with Gasteiger partial charge in [-0.05, 0) is 28.8 Å². The fourth-order valence-electron chi connectivity index (χ4n) is 2.22. The van der Waals surface area contributed by atoms with Crippen LogP contribution in [0.25, 0.3) is 0 Å². The lowest BCUT2D eigenvalue weighted by Crippen LogP contribution is -2.36. The summed E-state index contributed by atoms with van der Waals surface area (Å²) in [5.74, 6) is 0.0143. The van der Waals surface area contributed by atoms with Crippen molar-refractivity contribution in [3.8, 4) is 0 Å². The number of rotatable bonds is 6. The Bertz CT molecular complexity index is 704. The maximum absolute atomic E-state index is 12.2. The molecule has 1 aromatic heterocycles. The van der Waals surface area contributed by atoms with E-state index < -0.39 is 42.9 Å². The van der Waals surface area contributed by atoms with Gasteiger partial charge in [-0.1, -0.05) is 6.92 Å². The SMILES string of the molecule is CSC(C)COC(=O)Nc1nc(=O)n(C2O[C@H](CO)[C@@H](O)[C@H]2O)cc1I. The Kier molecular flexibility index (Phi) is 7.66. The van der Waals surface area contributed by atoms with Crippen molar-refractivity contribution in [1.82, 2.24) is 9.55 Å². The highest BCUT2D eigenvalue weighted by atomic mass is 127. The summed E-state index contributed by atoms with van der Waals surface area (Å²) in [6, 6.07) is 0. The van der Waals surface area contributed by atoms with Crippen molar-refractivity contribution in [3.63, 3.8) is 0 Å². The van der Waals surface area contributed by atoms with Gasteiger partial charge in [0.1, 0.15) is 24.9 Å². The molecule has 1 fully saturated rings. The lowest BCUT2D eigenvalue weighted by atomic mass is 10.1. The smallest absolute Gasteiger partial charge is 0.412 e. The van der Waals surface area contributed by atoms with Crippen molar-refractivity contribution in [3.05, 3.63) is 20.3 Å². The van der Waals surface area contributed by atoms with Crippen LogP contribution in [-0.2, 0) is 9.47 Å². The van der Waals surface area contributed by atoms with E-state index in [1.165, 1.54) is 6.20 Å². The molecule has 1 aliphatic rings. The number of halogens is 1. The van der Waals surface area contributed by atoms with E-state index in [2.05, 4.69) is 10.3 Å². The lowest BCUT2D eigenvalue weighted by Gasteiger charge is -2.18. The summed E-state index contributed by atoms with van der Waals surface area (Å²) >= 11 is 3.40. The van der Waals surface area contributed by atoms with E-state index in [1.807, 2.05) is 35.8 Å². The molecule has 1 aromatic rings. The van der Waals surface area contributed by atoms with E-state index in [0.717, 1.165) is 4.57 Å². The van der Waals surface area contributed by atoms with E-state index in [0.29, 0.717) is 3.57 Å². The van der Waals surface area contributed by atoms with Crippen molar-refractivity contribution in [2.75, 3.05) is 24.8 Å². The molecule has 2 rings (SSSR count). The minimum atomic E-state index is -1.40. The van der Waals surface area contributed by atoms with Gasteiger partial charge in [-0.3, -0.25) is 9.88 Å². The predicted octanol–water partition coefficient (Wildman–Crippen LogP) is -0.241. The van der Waals surface area contributed by atoms with Crippen LogP contribution in [0.5, 0.6) is 0 Å². The number of aromatic nitrogens is 2. The minimum absolute atomic E-state index is 0.0143. The van der Waals surface area contributed by atoms with E-state index in [9.17, 15) is 19.8 Å². The summed E-state index contributed by atoms with van der Waals surface area (Å²) in [6.07, 6.45) is -2.45. The monoisotopic (exact) mass is 501 g/mol. The summed E-state index contributed by atoms with van der Waals surface area (Å²) in [5.41, 5.74) is -0.798. The standard InChI is InChI=1S/C14H20IN3O7S/c1-6(26-2)5-24-14(23)17-11-7(15)3-18(13(22)16-11)12-10(21)9(20)8(4-19)25-12/h3,6,8-10,12,19-21H,4-5H2,1-2H3,(H,16,17,22,23)/t6?,8-,9-,10-,12?/m1/s1. The predicted molar refractivity (Wildman–Crippen MR) is 102 cm³/mol. The van der Waals surface area contributed by atoms with Crippen LogP contribution < -0.4 is 11.0 Å². The number of nitrogens with zero attached hydrogens (tertiary/aromatic N) is 2. The third kappa shape index (κ3) is 4.86. The molecule has 1 aliphatic heterocycles. The second kappa shape index (κ2) is 9.32. The van der Waals surface area contributed by atoms with Crippen molar-refractivity contribution in [2.24, 2.45) is 0 Å². The van der Waals surface area contributed by atoms with E-state index in [4.69, 9.17) is 14.6 Å². The maximum Gasteiger partial charge on any atom is 0.412 e. The van der Waals surface area contributed by atoms with Gasteiger partial charge in [-0.2, -0.15) is 16.7 Å². The summed E-state index contributed by atoms with van der Waals surface area (Å²) < 4.78 is 11.7. The summed E-state index contributed by atoms with van der Waals surface area (Å²) in [6.45, 7) is 1.61. The van der Waals surface area contributed by atoms with Crippen molar-refractivity contribution in [1.29, 1.82) is 0 Å². The fraction of sp³-hybridized carbons (Fsp3) is 0.643. The van der Waals surface area contributed by atoms with E-state index in [-0.39, 0.29) is 17.7 Å². The van der Waals surface area contributed by atoms with Crippen LogP contribution >= 0.6 is 34.4 Å². The third-order valence-electron chi connectivity index (χ3n) is 3.77. The molecule has 26 heavy (non-hydrogen) atoms. The first-order chi connectivity index (χ1) is 12.3. The fourth-order valence-corrected chi connectivity index (χ4v) is 2.98. The average Bonchev–Trinajstić information content (AvgIpc) is 2.90. The number of hydrogen-bond donors (Lipinski definition) is 4. The number of carbonyl (C=O) groups is 1. The Morgan fingerprint density at radius 3 is 2.81 bits per heavy atom. The summed E-state index contributed by atoms with van der Waals surface area (Å²) in [4.78, 5) is 27.8. The molecule has 1 amide bonds. The summed E-state index contributed by atoms with van der Waals surface area (Å²) in [7, 11) is 0. The zero-order valence-corrected chi connectivity index (χ0v) is 17.0. The highest BCUT2D eigenvalue weighted by molar-refractivity contribution is 14.1. The average molecular weight is 501 g/mol. The van der Waals surface area contributed by atoms with Gasteiger partial charge in [-0.15, -0.1) is 0 Å². The van der Waals surface area contributed by atoms with Gasteiger partial charge in [0.15, 0.2) is 12.0 Å². The van der Waals surface area contributed by atoms with Gasteiger partial charge < -0.3 is 24.8 Å². The molecule has 0 saturated carbocycles. The molecule has 0 aliphatic carbocycles. The molecule has 0 aromatic carbocycles. The number of thioether (sulfide) groups is 1. The topological polar surface area (TPSA) is 143 Å². The first-order valence-electron chi connectivity index (χ1n) is 7.66. The Morgan fingerprint density at radius 1 is 1.54 bits per heavy atom. The van der Waals surface area contributed by atoms with Crippen molar-refractivity contribution >= 4 is 46.3 Å². The Morgan fingerprint density at radius 2 is 2.23 bits per heavy atom. The second-order valence-corrected chi connectivity index (χ2v) is 8.06. The number of ether oxygens (including phenoxy) is 2. The molecule has 2 unspecified atom stereocenters. The highest BCUT2D eigenvalue weighted by Crippen LogP contribution is 2.29. The Hall–Kier alpha value is -0.930. The second-order valence-electron chi connectivity index (χ2n) is 5.63. The largest absolute Gasteiger partial charge is 0.448 e. The van der Waals surface area contributed by atoms with Crippen LogP contribution in [0, 0.1) is 3.57 Å². The number of hydrogen-bond acceptors (Lipinski definition) is 9. The number of anilines is 1. The molecule has 5 atom stereocenters. The number of amides is 1. The van der Waals surface area contributed by atoms with E-state index >= 15 is 0 Å². The minimum Gasteiger partial charge on any atom is -0.448 e. The van der Waals surface area contributed by atoms with Crippen LogP contribution in [-0.4, -0.2) is 74.0 Å². The van der Waals surface area contributed by atoms with Crippen LogP contribution in [0.2, 0.25) is 0 Å². The molecule has 0 spiro atoms. The molecule has 2 heterocycles. The normalized spacial score (nSPS) is 26.5. The number of nitrogens with one attached hydrogen (secondary N) is 1. The molecule has 10 nitrogen and oxygen atoms in total.